The number of amides is 1. The lowest BCUT2D eigenvalue weighted by Crippen LogP contribution is -2.42. The van der Waals surface area contributed by atoms with Gasteiger partial charge in [-0.05, 0) is 24.2 Å². The molecule has 0 aromatic heterocycles. The van der Waals surface area contributed by atoms with Crippen LogP contribution in [0.3, 0.4) is 0 Å². The lowest BCUT2D eigenvalue weighted by Gasteiger charge is -2.25. The van der Waals surface area contributed by atoms with Crippen LogP contribution in [0.5, 0.6) is 0 Å². The van der Waals surface area contributed by atoms with E-state index in [2.05, 4.69) is 6.92 Å². The van der Waals surface area contributed by atoms with Crippen LogP contribution >= 0.6 is 12.2 Å². The highest BCUT2D eigenvalue weighted by atomic mass is 32.1. The minimum Gasteiger partial charge on any atom is -0.393 e. The minimum atomic E-state index is -0.311. The molecule has 1 fully saturated rings. The van der Waals surface area contributed by atoms with Crippen molar-refractivity contribution >= 4 is 23.1 Å². The maximum absolute atomic E-state index is 12.2. The molecule has 0 aliphatic heterocycles. The molecule has 1 aliphatic rings. The predicted molar refractivity (Wildman–Crippen MR) is 70.0 cm³/mol. The summed E-state index contributed by atoms with van der Waals surface area (Å²) in [6, 6.07) is 0. The molecule has 92 valence electrons. The van der Waals surface area contributed by atoms with Gasteiger partial charge in [0, 0.05) is 13.6 Å². The summed E-state index contributed by atoms with van der Waals surface area (Å²) < 4.78 is 0. The Kier molecular flexibility index (Phi) is 4.30. The van der Waals surface area contributed by atoms with Gasteiger partial charge in [-0.1, -0.05) is 33.0 Å². The Hall–Kier alpha value is -0.640. The lowest BCUT2D eigenvalue weighted by molar-refractivity contribution is -0.133. The van der Waals surface area contributed by atoms with E-state index in [0.717, 1.165) is 12.5 Å². The molecule has 1 amide bonds. The van der Waals surface area contributed by atoms with Gasteiger partial charge in [0.1, 0.15) is 0 Å². The third-order valence-electron chi connectivity index (χ3n) is 3.40. The molecule has 0 radical (unpaired) electrons. The average molecular weight is 242 g/mol. The molecule has 0 bridgehead atoms. The van der Waals surface area contributed by atoms with E-state index in [1.807, 2.05) is 20.9 Å². The second-order valence-corrected chi connectivity index (χ2v) is 5.79. The van der Waals surface area contributed by atoms with Crippen molar-refractivity contribution in [1.29, 1.82) is 0 Å². The molecule has 2 N–H and O–H groups in total. The van der Waals surface area contributed by atoms with E-state index in [-0.39, 0.29) is 17.7 Å². The van der Waals surface area contributed by atoms with E-state index >= 15 is 0 Å². The first-order chi connectivity index (χ1) is 7.34. The monoisotopic (exact) mass is 242 g/mol. The van der Waals surface area contributed by atoms with Crippen LogP contribution in [0, 0.1) is 23.7 Å². The van der Waals surface area contributed by atoms with E-state index in [4.69, 9.17) is 18.0 Å². The van der Waals surface area contributed by atoms with E-state index in [9.17, 15) is 4.79 Å². The molecular formula is C12H22N2OS. The normalized spacial score (nSPS) is 25.3. The van der Waals surface area contributed by atoms with Crippen LogP contribution in [0.15, 0.2) is 0 Å². The molecule has 4 heteroatoms. The Bertz CT molecular complexity index is 291. The van der Waals surface area contributed by atoms with Crippen LogP contribution in [-0.2, 0) is 4.79 Å². The number of carbonyl (C=O) groups is 1. The van der Waals surface area contributed by atoms with Crippen LogP contribution in [0.2, 0.25) is 0 Å². The highest BCUT2D eigenvalue weighted by Gasteiger charge is 2.36. The maximum atomic E-state index is 12.2. The smallest absolute Gasteiger partial charge is 0.232 e. The summed E-state index contributed by atoms with van der Waals surface area (Å²) in [5.74, 6) is 1.37. The molecule has 1 saturated carbocycles. The summed E-state index contributed by atoms with van der Waals surface area (Å²) in [7, 11) is 1.85. The number of carbonyl (C=O) groups excluding carboxylic acids is 1. The first-order valence-electron chi connectivity index (χ1n) is 5.88. The zero-order chi connectivity index (χ0) is 12.5. The standard InChI is InChI=1S/C12H22N2OS/c1-7(2)10(11(13)16)12(15)14(4)6-9-5-8(9)3/h7-10H,5-6H2,1-4H3,(H2,13,16). The molecule has 0 spiro atoms. The van der Waals surface area contributed by atoms with Crippen molar-refractivity contribution in [3.63, 3.8) is 0 Å². The van der Waals surface area contributed by atoms with Gasteiger partial charge in [0.2, 0.25) is 5.91 Å². The fraction of sp³-hybridized carbons (Fsp3) is 0.833. The van der Waals surface area contributed by atoms with E-state index in [1.54, 1.807) is 4.90 Å². The van der Waals surface area contributed by atoms with Gasteiger partial charge in [-0.2, -0.15) is 0 Å². The third-order valence-corrected chi connectivity index (χ3v) is 3.65. The quantitative estimate of drug-likeness (QED) is 0.746. The van der Waals surface area contributed by atoms with E-state index in [0.29, 0.717) is 10.9 Å². The largest absolute Gasteiger partial charge is 0.393 e. The van der Waals surface area contributed by atoms with Crippen LogP contribution in [-0.4, -0.2) is 29.4 Å². The zero-order valence-corrected chi connectivity index (χ0v) is 11.4. The van der Waals surface area contributed by atoms with E-state index in [1.165, 1.54) is 6.42 Å². The SMILES string of the molecule is CC(C)C(C(=O)N(C)CC1CC1C)C(N)=S. The fourth-order valence-electron chi connectivity index (χ4n) is 2.07. The van der Waals surface area contributed by atoms with Gasteiger partial charge in [-0.25, -0.2) is 0 Å². The Labute approximate surface area is 103 Å². The molecular weight excluding hydrogens is 220 g/mol. The van der Waals surface area contributed by atoms with Gasteiger partial charge >= 0.3 is 0 Å². The fourth-order valence-corrected chi connectivity index (χ4v) is 2.44. The Morgan fingerprint density at radius 2 is 2.06 bits per heavy atom. The van der Waals surface area contributed by atoms with Gasteiger partial charge in [-0.3, -0.25) is 4.79 Å². The van der Waals surface area contributed by atoms with Crippen molar-refractivity contribution < 1.29 is 4.79 Å². The summed E-state index contributed by atoms with van der Waals surface area (Å²) in [5, 5.41) is 0. The second-order valence-electron chi connectivity index (χ2n) is 5.32. The molecule has 0 heterocycles. The van der Waals surface area contributed by atoms with Gasteiger partial charge in [0.15, 0.2) is 0 Å². The van der Waals surface area contributed by atoms with Crippen LogP contribution in [0.1, 0.15) is 27.2 Å². The number of thiocarbonyl (C=S) groups is 1. The molecule has 1 aliphatic carbocycles. The molecule has 3 nitrogen and oxygen atoms in total. The second kappa shape index (κ2) is 5.13. The number of hydrogen-bond acceptors (Lipinski definition) is 2. The van der Waals surface area contributed by atoms with Crippen LogP contribution < -0.4 is 5.73 Å². The summed E-state index contributed by atoms with van der Waals surface area (Å²) >= 11 is 4.97. The molecule has 0 saturated heterocycles. The minimum absolute atomic E-state index is 0.0709. The highest BCUT2D eigenvalue weighted by Crippen LogP contribution is 2.38. The van der Waals surface area contributed by atoms with Crippen molar-refractivity contribution in [2.45, 2.75) is 27.2 Å². The van der Waals surface area contributed by atoms with Crippen LogP contribution in [0.25, 0.3) is 0 Å². The molecule has 0 aromatic rings. The van der Waals surface area contributed by atoms with Gasteiger partial charge in [0.05, 0.1) is 10.9 Å². The maximum Gasteiger partial charge on any atom is 0.232 e. The summed E-state index contributed by atoms with van der Waals surface area (Å²) in [6.45, 7) is 7.02. The summed E-state index contributed by atoms with van der Waals surface area (Å²) in [4.78, 5) is 14.3. The topological polar surface area (TPSA) is 46.3 Å². The Balaban J connectivity index is 2.56. The Morgan fingerprint density at radius 3 is 2.38 bits per heavy atom. The van der Waals surface area contributed by atoms with Crippen molar-refractivity contribution in [2.24, 2.45) is 29.4 Å². The molecule has 3 unspecified atom stereocenters. The zero-order valence-electron chi connectivity index (χ0n) is 10.6. The summed E-state index contributed by atoms with van der Waals surface area (Å²) in [5.41, 5.74) is 5.63. The first kappa shape index (κ1) is 13.4. The number of nitrogens with zero attached hydrogens (tertiary/aromatic N) is 1. The van der Waals surface area contributed by atoms with Crippen molar-refractivity contribution in [2.75, 3.05) is 13.6 Å². The highest BCUT2D eigenvalue weighted by molar-refractivity contribution is 7.80. The van der Waals surface area contributed by atoms with Gasteiger partial charge in [0.25, 0.3) is 0 Å². The summed E-state index contributed by atoms with van der Waals surface area (Å²) in [6.07, 6.45) is 1.23. The van der Waals surface area contributed by atoms with Crippen LogP contribution in [0.4, 0.5) is 0 Å². The van der Waals surface area contributed by atoms with Crippen molar-refractivity contribution in [3.05, 3.63) is 0 Å². The average Bonchev–Trinajstić information content (AvgIpc) is 2.79. The number of nitrogens with two attached hydrogens (primary N) is 1. The lowest BCUT2D eigenvalue weighted by atomic mass is 9.94. The molecule has 3 atom stereocenters. The molecule has 1 rings (SSSR count). The van der Waals surface area contributed by atoms with Gasteiger partial charge in [-0.15, -0.1) is 0 Å². The molecule has 0 aromatic carbocycles. The number of hydrogen-bond donors (Lipinski definition) is 1. The van der Waals surface area contributed by atoms with Crippen molar-refractivity contribution in [1.82, 2.24) is 4.90 Å². The predicted octanol–water partition coefficient (Wildman–Crippen LogP) is 1.66. The molecule has 16 heavy (non-hydrogen) atoms. The van der Waals surface area contributed by atoms with Gasteiger partial charge < -0.3 is 10.6 Å². The number of rotatable bonds is 5. The Morgan fingerprint density at radius 1 is 1.56 bits per heavy atom. The van der Waals surface area contributed by atoms with E-state index < -0.39 is 0 Å². The van der Waals surface area contributed by atoms with Crippen molar-refractivity contribution in [3.8, 4) is 0 Å². The first-order valence-corrected chi connectivity index (χ1v) is 6.29. The third kappa shape index (κ3) is 3.17.